The first kappa shape index (κ1) is 22.9. The molecule has 2 aliphatic rings. The topological polar surface area (TPSA) is 79.7 Å². The van der Waals surface area contributed by atoms with E-state index in [1.165, 1.54) is 16.2 Å². The van der Waals surface area contributed by atoms with Crippen LogP contribution in [0.5, 0.6) is 5.75 Å². The van der Waals surface area contributed by atoms with E-state index in [1.54, 1.807) is 12.1 Å². The summed E-state index contributed by atoms with van der Waals surface area (Å²) in [5.41, 5.74) is 4.01. The molecule has 6 nitrogen and oxygen atoms in total. The summed E-state index contributed by atoms with van der Waals surface area (Å²) in [6.07, 6.45) is 0.762. The van der Waals surface area contributed by atoms with Gasteiger partial charge in [0.05, 0.1) is 21.8 Å². The number of carbonyl (C=O) groups is 2. The van der Waals surface area contributed by atoms with Gasteiger partial charge in [0.15, 0.2) is 5.13 Å². The van der Waals surface area contributed by atoms with Gasteiger partial charge in [0.2, 0.25) is 0 Å². The number of anilines is 1. The molecule has 2 atom stereocenters. The third-order valence-corrected chi connectivity index (χ3v) is 8.03. The number of ether oxygens (including phenoxy) is 1. The average molecular weight is 561 g/mol. The Hall–Kier alpha value is -3.49. The van der Waals surface area contributed by atoms with Gasteiger partial charge in [0, 0.05) is 16.5 Å². The summed E-state index contributed by atoms with van der Waals surface area (Å²) in [5.74, 6) is -0.888. The number of aryl methyl sites for hydroxylation is 1. The van der Waals surface area contributed by atoms with Crippen LogP contribution in [0, 0.1) is 6.92 Å². The van der Waals surface area contributed by atoms with Crippen molar-refractivity contribution in [1.82, 2.24) is 4.98 Å². The molecule has 0 spiro atoms. The fourth-order valence-corrected chi connectivity index (χ4v) is 6.38. The van der Waals surface area contributed by atoms with Gasteiger partial charge >= 0.3 is 5.91 Å². The predicted octanol–water partition coefficient (Wildman–Crippen LogP) is 6.32. The summed E-state index contributed by atoms with van der Waals surface area (Å²) < 4.78 is 7.51. The normalized spacial score (nSPS) is 20.7. The summed E-state index contributed by atoms with van der Waals surface area (Å²) in [6.45, 7) is 3.98. The Morgan fingerprint density at radius 3 is 2.78 bits per heavy atom. The van der Waals surface area contributed by atoms with Crippen LogP contribution < -0.4 is 9.64 Å². The number of Topliss-reactive ketones (excluding diaryl/α,β-unsaturated/α-hetero) is 1. The molecule has 0 aliphatic carbocycles. The maximum atomic E-state index is 13.5. The van der Waals surface area contributed by atoms with Crippen LogP contribution in [0.2, 0.25) is 0 Å². The highest BCUT2D eigenvalue weighted by molar-refractivity contribution is 9.10. The molecule has 2 aliphatic heterocycles. The van der Waals surface area contributed by atoms with E-state index >= 15 is 0 Å². The minimum atomic E-state index is -0.826. The molecule has 1 saturated heterocycles. The highest BCUT2D eigenvalue weighted by atomic mass is 79.9. The molecule has 0 radical (unpaired) electrons. The quantitative estimate of drug-likeness (QED) is 0.180. The van der Waals surface area contributed by atoms with Gasteiger partial charge in [-0.25, -0.2) is 4.98 Å². The molecule has 3 heterocycles. The zero-order valence-electron chi connectivity index (χ0n) is 19.5. The van der Waals surface area contributed by atoms with Crippen LogP contribution in [0.1, 0.15) is 35.2 Å². The number of nitrogens with zero attached hydrogens (tertiary/aromatic N) is 2. The number of hydrogen-bond donors (Lipinski definition) is 1. The van der Waals surface area contributed by atoms with Crippen molar-refractivity contribution < 1.29 is 19.4 Å². The third kappa shape index (κ3) is 3.72. The Balaban J connectivity index is 1.54. The first-order valence-corrected chi connectivity index (χ1v) is 13.1. The van der Waals surface area contributed by atoms with Crippen LogP contribution in [0.15, 0.2) is 70.7 Å². The molecular formula is C28H21BrN2O4S. The number of benzene rings is 3. The number of amides is 1. The first-order valence-electron chi connectivity index (χ1n) is 11.5. The summed E-state index contributed by atoms with van der Waals surface area (Å²) in [4.78, 5) is 33.0. The number of thiazole rings is 1. The number of fused-ring (bicyclic) bond motifs is 2. The number of carbonyl (C=O) groups excluding carboxylic acids is 2. The monoisotopic (exact) mass is 560 g/mol. The molecule has 180 valence electrons. The smallest absolute Gasteiger partial charge is 0.301 e. The van der Waals surface area contributed by atoms with Crippen molar-refractivity contribution in [1.29, 1.82) is 0 Å². The van der Waals surface area contributed by atoms with Gasteiger partial charge < -0.3 is 9.84 Å². The Kier molecular flexibility index (Phi) is 5.46. The Labute approximate surface area is 220 Å². The van der Waals surface area contributed by atoms with E-state index < -0.39 is 17.7 Å². The van der Waals surface area contributed by atoms with Crippen molar-refractivity contribution in [3.8, 4) is 5.75 Å². The molecule has 1 fully saturated rings. The van der Waals surface area contributed by atoms with Gasteiger partial charge in [0.1, 0.15) is 17.6 Å². The molecule has 0 bridgehead atoms. The van der Waals surface area contributed by atoms with Gasteiger partial charge in [-0.05, 0) is 73.0 Å². The van der Waals surface area contributed by atoms with Crippen LogP contribution >= 0.6 is 27.3 Å². The number of rotatable bonds is 3. The lowest BCUT2D eigenvalue weighted by molar-refractivity contribution is -0.132. The molecular weight excluding hydrogens is 540 g/mol. The average Bonchev–Trinajstić information content (AvgIpc) is 3.50. The van der Waals surface area contributed by atoms with Crippen LogP contribution in [-0.2, 0) is 16.0 Å². The van der Waals surface area contributed by atoms with Crippen LogP contribution in [0.25, 0.3) is 16.0 Å². The summed E-state index contributed by atoms with van der Waals surface area (Å²) in [6, 6.07) is 17.8. The molecule has 6 rings (SSSR count). The molecule has 4 aromatic rings. The zero-order chi connectivity index (χ0) is 25.1. The van der Waals surface area contributed by atoms with Crippen LogP contribution in [0.4, 0.5) is 5.13 Å². The standard InChI is InChI=1S/C28H21BrN2O4S/c1-14-6-8-20-22(10-14)36-28(30-20)31-24(16-4-3-5-19(29)13-16)23(26(33)27(31)34)25(32)17-7-9-21-18(12-17)11-15(2)35-21/h3-10,12-13,15,24,32H,11H2,1-2H3/t15-,24-/m1/s1. The largest absolute Gasteiger partial charge is 0.507 e. The van der Waals surface area contributed by atoms with Crippen molar-refractivity contribution in [2.24, 2.45) is 0 Å². The van der Waals surface area contributed by atoms with Gasteiger partial charge in [-0.2, -0.15) is 0 Å². The van der Waals surface area contributed by atoms with E-state index in [-0.39, 0.29) is 17.4 Å². The molecule has 3 aromatic carbocycles. The molecule has 1 N–H and O–H groups in total. The Morgan fingerprint density at radius 1 is 1.14 bits per heavy atom. The SMILES string of the molecule is Cc1ccc2nc(N3C(=O)C(=O)C(=C(O)c4ccc5c(c4)C[C@@H](C)O5)[C@H]3c3cccc(Br)c3)sc2c1. The second kappa shape index (κ2) is 8.57. The maximum absolute atomic E-state index is 13.5. The van der Waals surface area contributed by atoms with E-state index in [1.807, 2.05) is 62.4 Å². The Morgan fingerprint density at radius 2 is 1.97 bits per heavy atom. The number of ketones is 1. The van der Waals surface area contributed by atoms with Crippen molar-refractivity contribution in [2.75, 3.05) is 4.90 Å². The van der Waals surface area contributed by atoms with Gasteiger partial charge in [-0.3, -0.25) is 14.5 Å². The first-order chi connectivity index (χ1) is 17.3. The molecule has 1 amide bonds. The van der Waals surface area contributed by atoms with E-state index in [0.717, 1.165) is 31.6 Å². The maximum Gasteiger partial charge on any atom is 0.301 e. The molecule has 0 unspecified atom stereocenters. The second-order valence-electron chi connectivity index (χ2n) is 9.15. The lowest BCUT2D eigenvalue weighted by Crippen LogP contribution is -2.29. The van der Waals surface area contributed by atoms with Gasteiger partial charge in [-0.15, -0.1) is 0 Å². The highest BCUT2D eigenvalue weighted by Crippen LogP contribution is 2.45. The van der Waals surface area contributed by atoms with E-state index in [0.29, 0.717) is 22.7 Å². The summed E-state index contributed by atoms with van der Waals surface area (Å²) >= 11 is 4.85. The van der Waals surface area contributed by atoms with Crippen LogP contribution in [0.3, 0.4) is 0 Å². The predicted molar refractivity (Wildman–Crippen MR) is 144 cm³/mol. The Bertz CT molecular complexity index is 1610. The lowest BCUT2D eigenvalue weighted by Gasteiger charge is -2.23. The second-order valence-corrected chi connectivity index (χ2v) is 11.1. The highest BCUT2D eigenvalue weighted by Gasteiger charge is 2.48. The zero-order valence-corrected chi connectivity index (χ0v) is 21.9. The molecule has 8 heteroatoms. The van der Waals surface area contributed by atoms with Gasteiger partial charge in [-0.1, -0.05) is 45.5 Å². The lowest BCUT2D eigenvalue weighted by atomic mass is 9.94. The fourth-order valence-electron chi connectivity index (χ4n) is 4.87. The fraction of sp³-hybridized carbons (Fsp3) is 0.179. The minimum absolute atomic E-state index is 0.0421. The van der Waals surface area contributed by atoms with Crippen LogP contribution in [-0.4, -0.2) is 27.9 Å². The van der Waals surface area contributed by atoms with E-state index in [4.69, 9.17) is 4.74 Å². The van der Waals surface area contributed by atoms with Gasteiger partial charge in [0.25, 0.3) is 5.78 Å². The van der Waals surface area contributed by atoms with Crippen molar-refractivity contribution in [3.05, 3.63) is 93.0 Å². The van der Waals surface area contributed by atoms with E-state index in [9.17, 15) is 14.7 Å². The third-order valence-electron chi connectivity index (χ3n) is 6.52. The van der Waals surface area contributed by atoms with E-state index in [2.05, 4.69) is 20.9 Å². The summed E-state index contributed by atoms with van der Waals surface area (Å²) in [5, 5.41) is 11.9. The number of aliphatic hydroxyl groups is 1. The minimum Gasteiger partial charge on any atom is -0.507 e. The van der Waals surface area contributed by atoms with Crippen molar-refractivity contribution >= 4 is 60.1 Å². The summed E-state index contributed by atoms with van der Waals surface area (Å²) in [7, 11) is 0. The number of aromatic nitrogens is 1. The van der Waals surface area contributed by atoms with Crippen molar-refractivity contribution in [2.45, 2.75) is 32.4 Å². The number of hydrogen-bond acceptors (Lipinski definition) is 6. The number of halogens is 1. The molecule has 1 aromatic heterocycles. The van der Waals surface area contributed by atoms with Crippen molar-refractivity contribution in [3.63, 3.8) is 0 Å². The number of aliphatic hydroxyl groups excluding tert-OH is 1. The molecule has 0 saturated carbocycles. The molecule has 36 heavy (non-hydrogen) atoms.